The van der Waals surface area contributed by atoms with Gasteiger partial charge in [0.1, 0.15) is 11.5 Å². The maximum Gasteiger partial charge on any atom is 0.168 e. The first-order valence-corrected chi connectivity index (χ1v) is 6.53. The summed E-state index contributed by atoms with van der Waals surface area (Å²) in [5.41, 5.74) is 6.34. The Balaban J connectivity index is 2.11. The lowest BCUT2D eigenvalue weighted by molar-refractivity contribution is 0.317. The van der Waals surface area contributed by atoms with E-state index in [1.807, 2.05) is 24.3 Å². The van der Waals surface area contributed by atoms with Gasteiger partial charge in [0, 0.05) is 0 Å². The molecule has 0 aromatic heterocycles. The molecule has 2 rings (SSSR count). The van der Waals surface area contributed by atoms with Gasteiger partial charge in [-0.15, -0.1) is 0 Å². The Bertz CT molecular complexity index is 520. The smallest absolute Gasteiger partial charge is 0.168 e. The summed E-state index contributed by atoms with van der Waals surface area (Å²) in [6, 6.07) is 12.6. The topological polar surface area (TPSA) is 44.5 Å². The summed E-state index contributed by atoms with van der Waals surface area (Å²) in [5.74, 6) is 1.97. The van der Waals surface area contributed by atoms with Gasteiger partial charge in [0.15, 0.2) is 5.75 Å². The number of nitrogen functional groups attached to an aromatic ring is 1. The van der Waals surface area contributed by atoms with Gasteiger partial charge in [-0.2, -0.15) is 0 Å². The van der Waals surface area contributed by atoms with Crippen LogP contribution in [0.1, 0.15) is 13.3 Å². The normalized spacial score (nSPS) is 10.2. The van der Waals surface area contributed by atoms with Crippen LogP contribution in [0.2, 0.25) is 5.02 Å². The minimum Gasteiger partial charge on any atom is -0.494 e. The fraction of sp³-hybridized carbons (Fsp3) is 0.200. The van der Waals surface area contributed by atoms with Gasteiger partial charge < -0.3 is 15.2 Å². The summed E-state index contributed by atoms with van der Waals surface area (Å²) in [4.78, 5) is 0. The number of hydrogen-bond donors (Lipinski definition) is 1. The van der Waals surface area contributed by atoms with E-state index in [1.54, 1.807) is 18.2 Å². The van der Waals surface area contributed by atoms with Crippen LogP contribution in [0.5, 0.6) is 17.2 Å². The first kappa shape index (κ1) is 13.6. The Labute approximate surface area is 117 Å². The van der Waals surface area contributed by atoms with Crippen LogP contribution in [0.3, 0.4) is 0 Å². The Morgan fingerprint density at radius 3 is 2.37 bits per heavy atom. The third-order valence-corrected chi connectivity index (χ3v) is 2.81. The third-order valence-electron chi connectivity index (χ3n) is 2.51. The summed E-state index contributed by atoms with van der Waals surface area (Å²) in [6.07, 6.45) is 0.981. The van der Waals surface area contributed by atoms with Gasteiger partial charge >= 0.3 is 0 Å². The van der Waals surface area contributed by atoms with Crippen molar-refractivity contribution in [3.63, 3.8) is 0 Å². The van der Waals surface area contributed by atoms with Crippen LogP contribution in [0.25, 0.3) is 0 Å². The average Bonchev–Trinajstić information content (AvgIpc) is 2.42. The zero-order valence-corrected chi connectivity index (χ0v) is 11.5. The molecule has 100 valence electrons. The highest BCUT2D eigenvalue weighted by Gasteiger charge is 2.07. The predicted molar refractivity (Wildman–Crippen MR) is 78.2 cm³/mol. The molecule has 0 spiro atoms. The second kappa shape index (κ2) is 6.34. The molecule has 2 aromatic rings. The number of benzene rings is 2. The second-order valence-corrected chi connectivity index (χ2v) is 4.49. The average molecular weight is 278 g/mol. The summed E-state index contributed by atoms with van der Waals surface area (Å²) < 4.78 is 11.2. The van der Waals surface area contributed by atoms with Gasteiger partial charge in [-0.25, -0.2) is 0 Å². The molecule has 0 amide bonds. The molecule has 3 nitrogen and oxygen atoms in total. The number of nitrogens with two attached hydrogens (primary N) is 1. The first-order chi connectivity index (χ1) is 9.20. The highest BCUT2D eigenvalue weighted by molar-refractivity contribution is 6.32. The van der Waals surface area contributed by atoms with Crippen LogP contribution in [-0.4, -0.2) is 6.61 Å². The van der Waals surface area contributed by atoms with E-state index in [-0.39, 0.29) is 0 Å². The van der Waals surface area contributed by atoms with Gasteiger partial charge in [-0.05, 0) is 42.8 Å². The summed E-state index contributed by atoms with van der Waals surface area (Å²) in [7, 11) is 0. The van der Waals surface area contributed by atoms with E-state index < -0.39 is 0 Å². The molecular weight excluding hydrogens is 262 g/mol. The Morgan fingerprint density at radius 1 is 1.05 bits per heavy atom. The fourth-order valence-corrected chi connectivity index (χ4v) is 1.80. The van der Waals surface area contributed by atoms with Crippen LogP contribution in [0.15, 0.2) is 42.5 Å². The van der Waals surface area contributed by atoms with E-state index in [9.17, 15) is 0 Å². The molecule has 0 aliphatic carbocycles. The van der Waals surface area contributed by atoms with Crippen molar-refractivity contribution in [2.75, 3.05) is 12.3 Å². The Morgan fingerprint density at radius 2 is 1.74 bits per heavy atom. The lowest BCUT2D eigenvalue weighted by Gasteiger charge is -2.11. The molecule has 19 heavy (non-hydrogen) atoms. The van der Waals surface area contributed by atoms with Crippen molar-refractivity contribution < 1.29 is 9.47 Å². The Hall–Kier alpha value is -1.87. The van der Waals surface area contributed by atoms with Gasteiger partial charge in [0.25, 0.3) is 0 Å². The van der Waals surface area contributed by atoms with Crippen molar-refractivity contribution in [1.29, 1.82) is 0 Å². The number of rotatable bonds is 5. The highest BCUT2D eigenvalue weighted by atomic mass is 35.5. The van der Waals surface area contributed by atoms with Crippen molar-refractivity contribution in [3.05, 3.63) is 47.5 Å². The number of anilines is 1. The minimum atomic E-state index is 0.478. The van der Waals surface area contributed by atoms with Crippen molar-refractivity contribution in [2.45, 2.75) is 13.3 Å². The van der Waals surface area contributed by atoms with Crippen molar-refractivity contribution >= 4 is 17.3 Å². The van der Waals surface area contributed by atoms with Crippen LogP contribution in [0, 0.1) is 0 Å². The van der Waals surface area contributed by atoms with E-state index in [0.29, 0.717) is 28.8 Å². The van der Waals surface area contributed by atoms with Crippen LogP contribution in [0.4, 0.5) is 5.69 Å². The lowest BCUT2D eigenvalue weighted by Crippen LogP contribution is -1.95. The molecule has 0 saturated carbocycles. The van der Waals surface area contributed by atoms with E-state index in [0.717, 1.165) is 12.2 Å². The largest absolute Gasteiger partial charge is 0.494 e. The molecule has 0 saturated heterocycles. The van der Waals surface area contributed by atoms with Gasteiger partial charge in [-0.3, -0.25) is 0 Å². The lowest BCUT2D eigenvalue weighted by atomic mass is 10.3. The van der Waals surface area contributed by atoms with Gasteiger partial charge in [0.05, 0.1) is 17.3 Å². The predicted octanol–water partition coefficient (Wildman–Crippen LogP) is 4.50. The summed E-state index contributed by atoms with van der Waals surface area (Å²) >= 11 is 6.05. The molecule has 0 bridgehead atoms. The van der Waals surface area contributed by atoms with Crippen molar-refractivity contribution in [1.82, 2.24) is 0 Å². The highest BCUT2D eigenvalue weighted by Crippen LogP contribution is 2.34. The SMILES string of the molecule is CCCOc1ccc(Oc2c(N)cccc2Cl)cc1. The van der Waals surface area contributed by atoms with Crippen LogP contribution in [-0.2, 0) is 0 Å². The van der Waals surface area contributed by atoms with E-state index >= 15 is 0 Å². The molecular formula is C15H16ClNO2. The maximum absolute atomic E-state index is 6.05. The molecule has 0 heterocycles. The first-order valence-electron chi connectivity index (χ1n) is 6.15. The van der Waals surface area contributed by atoms with E-state index in [2.05, 4.69) is 6.92 Å². The molecule has 0 aliphatic rings. The molecule has 0 atom stereocenters. The molecule has 0 fully saturated rings. The quantitative estimate of drug-likeness (QED) is 0.818. The van der Waals surface area contributed by atoms with Gasteiger partial charge in [-0.1, -0.05) is 24.6 Å². The second-order valence-electron chi connectivity index (χ2n) is 4.08. The number of ether oxygens (including phenoxy) is 2. The van der Waals surface area contributed by atoms with Crippen molar-refractivity contribution in [2.24, 2.45) is 0 Å². The molecule has 0 radical (unpaired) electrons. The summed E-state index contributed by atoms with van der Waals surface area (Å²) in [5, 5.41) is 0.492. The zero-order valence-electron chi connectivity index (χ0n) is 10.7. The Kier molecular flexibility index (Phi) is 4.53. The molecule has 2 N–H and O–H groups in total. The standard InChI is InChI=1S/C15H16ClNO2/c1-2-10-18-11-6-8-12(9-7-11)19-15-13(16)4-3-5-14(15)17/h3-9H,2,10,17H2,1H3. The van der Waals surface area contributed by atoms with Gasteiger partial charge in [0.2, 0.25) is 0 Å². The summed E-state index contributed by atoms with van der Waals surface area (Å²) in [6.45, 7) is 2.77. The number of halogens is 1. The van der Waals surface area contributed by atoms with Crippen LogP contribution < -0.4 is 15.2 Å². The van der Waals surface area contributed by atoms with E-state index in [4.69, 9.17) is 26.8 Å². The molecule has 0 unspecified atom stereocenters. The minimum absolute atomic E-state index is 0.478. The number of hydrogen-bond acceptors (Lipinski definition) is 3. The maximum atomic E-state index is 6.05. The fourth-order valence-electron chi connectivity index (χ4n) is 1.57. The zero-order chi connectivity index (χ0) is 13.7. The molecule has 0 aliphatic heterocycles. The molecule has 4 heteroatoms. The molecule has 2 aromatic carbocycles. The third kappa shape index (κ3) is 3.55. The van der Waals surface area contributed by atoms with E-state index in [1.165, 1.54) is 0 Å². The van der Waals surface area contributed by atoms with Crippen LogP contribution >= 0.6 is 11.6 Å². The number of para-hydroxylation sites is 1. The van der Waals surface area contributed by atoms with Crippen molar-refractivity contribution in [3.8, 4) is 17.2 Å². The monoisotopic (exact) mass is 277 g/mol.